The average Bonchev–Trinajstić information content (AvgIpc) is 3.12. The fourth-order valence-corrected chi connectivity index (χ4v) is 1.31. The summed E-state index contributed by atoms with van der Waals surface area (Å²) >= 11 is 0. The van der Waals surface area contributed by atoms with E-state index in [1.807, 2.05) is 6.92 Å². The van der Waals surface area contributed by atoms with Crippen LogP contribution in [0.3, 0.4) is 0 Å². The normalized spacial score (nSPS) is 15.7. The van der Waals surface area contributed by atoms with Gasteiger partial charge in [-0.25, -0.2) is 4.79 Å². The molecule has 1 aliphatic carbocycles. The van der Waals surface area contributed by atoms with E-state index in [1.54, 1.807) is 6.92 Å². The zero-order valence-electron chi connectivity index (χ0n) is 10.9. The van der Waals surface area contributed by atoms with Crippen LogP contribution in [0.4, 0.5) is 4.79 Å². The van der Waals surface area contributed by atoms with Gasteiger partial charge in [0.2, 0.25) is 5.91 Å². The van der Waals surface area contributed by atoms with Crippen LogP contribution in [0.1, 0.15) is 39.5 Å². The number of hydrogen-bond donors (Lipinski definition) is 3. The van der Waals surface area contributed by atoms with E-state index in [1.165, 1.54) is 0 Å². The highest BCUT2D eigenvalue weighted by atomic mass is 16.5. The largest absolute Gasteiger partial charge is 0.450 e. The number of alkyl carbamates (subject to hydrolysis) is 1. The topological polar surface area (TPSA) is 91.3 Å². The molecule has 3 N–H and O–H groups in total. The predicted molar refractivity (Wildman–Crippen MR) is 67.4 cm³/mol. The Morgan fingerprint density at radius 3 is 2.67 bits per heavy atom. The lowest BCUT2D eigenvalue weighted by atomic mass is 10.3. The summed E-state index contributed by atoms with van der Waals surface area (Å²) in [6.07, 6.45) is 3.08. The van der Waals surface area contributed by atoms with Crippen LogP contribution in [0.2, 0.25) is 0 Å². The summed E-state index contributed by atoms with van der Waals surface area (Å²) in [7, 11) is 0. The third-order valence-corrected chi connectivity index (χ3v) is 2.70. The second-order valence-corrected chi connectivity index (χ2v) is 4.53. The molecule has 0 aromatic carbocycles. The lowest BCUT2D eigenvalue weighted by Crippen LogP contribution is -2.47. The Morgan fingerprint density at radius 2 is 2.11 bits per heavy atom. The van der Waals surface area contributed by atoms with Crippen LogP contribution in [0.25, 0.3) is 0 Å². The SMILES string of the molecule is CCCCOC(=O)N[C@@H](C)C(=O)NC(=N)C1CC1. The molecule has 2 amide bonds. The van der Waals surface area contributed by atoms with Gasteiger partial charge in [-0.15, -0.1) is 0 Å². The summed E-state index contributed by atoms with van der Waals surface area (Å²) in [6, 6.07) is -0.696. The van der Waals surface area contributed by atoms with Crippen LogP contribution in [0, 0.1) is 11.3 Å². The van der Waals surface area contributed by atoms with Crippen molar-refractivity contribution in [2.45, 2.75) is 45.6 Å². The van der Waals surface area contributed by atoms with E-state index >= 15 is 0 Å². The molecular weight excluding hydrogens is 234 g/mol. The van der Waals surface area contributed by atoms with Crippen molar-refractivity contribution < 1.29 is 14.3 Å². The van der Waals surface area contributed by atoms with Gasteiger partial charge >= 0.3 is 6.09 Å². The van der Waals surface area contributed by atoms with E-state index in [0.29, 0.717) is 6.61 Å². The van der Waals surface area contributed by atoms with Gasteiger partial charge in [0.1, 0.15) is 11.9 Å². The van der Waals surface area contributed by atoms with Gasteiger partial charge < -0.3 is 15.4 Å². The summed E-state index contributed by atoms with van der Waals surface area (Å²) in [5.41, 5.74) is 0. The van der Waals surface area contributed by atoms with Crippen LogP contribution in [0.5, 0.6) is 0 Å². The van der Waals surface area contributed by atoms with E-state index in [2.05, 4.69) is 10.6 Å². The second-order valence-electron chi connectivity index (χ2n) is 4.53. The molecule has 0 aliphatic heterocycles. The van der Waals surface area contributed by atoms with Crippen molar-refractivity contribution in [1.82, 2.24) is 10.6 Å². The minimum atomic E-state index is -0.696. The second kappa shape index (κ2) is 6.98. The monoisotopic (exact) mass is 255 g/mol. The highest BCUT2D eigenvalue weighted by Gasteiger charge is 2.28. The van der Waals surface area contributed by atoms with Crippen molar-refractivity contribution >= 4 is 17.8 Å². The van der Waals surface area contributed by atoms with Crippen molar-refractivity contribution in [2.75, 3.05) is 6.61 Å². The minimum Gasteiger partial charge on any atom is -0.450 e. The zero-order valence-corrected chi connectivity index (χ0v) is 10.9. The molecular formula is C12H21N3O3. The lowest BCUT2D eigenvalue weighted by Gasteiger charge is -2.14. The van der Waals surface area contributed by atoms with E-state index in [4.69, 9.17) is 10.1 Å². The van der Waals surface area contributed by atoms with E-state index in [9.17, 15) is 9.59 Å². The molecule has 6 heteroatoms. The van der Waals surface area contributed by atoms with Gasteiger partial charge in [-0.3, -0.25) is 10.2 Å². The molecule has 0 saturated heterocycles. The van der Waals surface area contributed by atoms with Crippen LogP contribution in [-0.4, -0.2) is 30.5 Å². The number of rotatable bonds is 6. The molecule has 0 unspecified atom stereocenters. The standard InChI is InChI=1S/C12H21N3O3/c1-3-4-7-18-12(17)14-8(2)11(16)15-10(13)9-5-6-9/h8-9H,3-7H2,1-2H3,(H,14,17)(H2,13,15,16)/t8-/m0/s1. The number of amides is 2. The Kier molecular flexibility index (Phi) is 5.61. The first-order valence-corrected chi connectivity index (χ1v) is 6.37. The number of ether oxygens (including phenoxy) is 1. The zero-order chi connectivity index (χ0) is 13.5. The third-order valence-electron chi connectivity index (χ3n) is 2.70. The predicted octanol–water partition coefficient (Wildman–Crippen LogP) is 1.40. The van der Waals surface area contributed by atoms with Crippen molar-refractivity contribution in [3.63, 3.8) is 0 Å². The highest BCUT2D eigenvalue weighted by molar-refractivity contribution is 6.01. The molecule has 1 fully saturated rings. The first-order chi connectivity index (χ1) is 8.54. The molecule has 0 aromatic rings. The van der Waals surface area contributed by atoms with Crippen molar-refractivity contribution in [2.24, 2.45) is 5.92 Å². The number of unbranched alkanes of at least 4 members (excludes halogenated alkanes) is 1. The minimum absolute atomic E-state index is 0.192. The molecule has 1 saturated carbocycles. The van der Waals surface area contributed by atoms with Crippen molar-refractivity contribution in [3.05, 3.63) is 0 Å². The van der Waals surface area contributed by atoms with Gasteiger partial charge in [-0.1, -0.05) is 13.3 Å². The van der Waals surface area contributed by atoms with Gasteiger partial charge in [0, 0.05) is 5.92 Å². The van der Waals surface area contributed by atoms with Crippen LogP contribution < -0.4 is 10.6 Å². The number of hydrogen-bond acceptors (Lipinski definition) is 4. The molecule has 1 atom stereocenters. The van der Waals surface area contributed by atoms with Gasteiger partial charge in [-0.05, 0) is 26.2 Å². The Bertz CT molecular complexity index is 327. The highest BCUT2D eigenvalue weighted by Crippen LogP contribution is 2.28. The molecule has 1 rings (SSSR count). The Hall–Kier alpha value is -1.59. The summed E-state index contributed by atoms with van der Waals surface area (Å²) in [5, 5.41) is 12.5. The van der Waals surface area contributed by atoms with Gasteiger partial charge in [0.15, 0.2) is 0 Å². The molecule has 0 heterocycles. The van der Waals surface area contributed by atoms with Crippen LogP contribution in [0.15, 0.2) is 0 Å². The Labute approximate surface area is 107 Å². The Morgan fingerprint density at radius 1 is 1.44 bits per heavy atom. The number of amidine groups is 1. The summed E-state index contributed by atoms with van der Waals surface area (Å²) in [5.74, 6) is 0.0602. The maximum absolute atomic E-state index is 11.6. The molecule has 1 aliphatic rings. The molecule has 0 aromatic heterocycles. The quantitative estimate of drug-likeness (QED) is 0.380. The van der Waals surface area contributed by atoms with Gasteiger partial charge in [0.05, 0.1) is 6.61 Å². The molecule has 18 heavy (non-hydrogen) atoms. The van der Waals surface area contributed by atoms with Crippen LogP contribution >= 0.6 is 0 Å². The summed E-state index contributed by atoms with van der Waals surface area (Å²) in [4.78, 5) is 22.9. The fourth-order valence-electron chi connectivity index (χ4n) is 1.31. The van der Waals surface area contributed by atoms with Crippen molar-refractivity contribution in [1.29, 1.82) is 5.41 Å². The van der Waals surface area contributed by atoms with Crippen LogP contribution in [-0.2, 0) is 9.53 Å². The molecule has 0 radical (unpaired) electrons. The maximum Gasteiger partial charge on any atom is 0.407 e. The number of nitrogens with one attached hydrogen (secondary N) is 3. The van der Waals surface area contributed by atoms with Crippen molar-refractivity contribution in [3.8, 4) is 0 Å². The third kappa shape index (κ3) is 5.16. The van der Waals surface area contributed by atoms with Gasteiger partial charge in [-0.2, -0.15) is 0 Å². The van der Waals surface area contributed by atoms with E-state index in [0.717, 1.165) is 25.7 Å². The smallest absolute Gasteiger partial charge is 0.407 e. The molecule has 102 valence electrons. The molecule has 0 bridgehead atoms. The summed E-state index contributed by atoms with van der Waals surface area (Å²) < 4.78 is 4.88. The summed E-state index contributed by atoms with van der Waals surface area (Å²) in [6.45, 7) is 3.92. The fraction of sp³-hybridized carbons (Fsp3) is 0.750. The first-order valence-electron chi connectivity index (χ1n) is 6.37. The average molecular weight is 255 g/mol. The molecule has 6 nitrogen and oxygen atoms in total. The molecule has 0 spiro atoms. The Balaban J connectivity index is 2.21. The van der Waals surface area contributed by atoms with E-state index < -0.39 is 12.1 Å². The van der Waals surface area contributed by atoms with E-state index in [-0.39, 0.29) is 17.7 Å². The maximum atomic E-state index is 11.6. The lowest BCUT2D eigenvalue weighted by molar-refractivity contribution is -0.121. The number of carbonyl (C=O) groups excluding carboxylic acids is 2. The number of carbonyl (C=O) groups is 2. The first kappa shape index (κ1) is 14.5. The van der Waals surface area contributed by atoms with Gasteiger partial charge in [0.25, 0.3) is 0 Å².